The van der Waals surface area contributed by atoms with E-state index in [0.29, 0.717) is 5.56 Å². The van der Waals surface area contributed by atoms with Crippen molar-refractivity contribution in [1.82, 2.24) is 19.5 Å². The molecule has 2 heterocycles. The number of hydrogen-bond donors (Lipinski definition) is 3. The van der Waals surface area contributed by atoms with Crippen molar-refractivity contribution >= 4 is 31.1 Å². The molecule has 1 unspecified atom stereocenters. The Morgan fingerprint density at radius 1 is 1.30 bits per heavy atom. The van der Waals surface area contributed by atoms with Crippen LogP contribution >= 0.6 is 8.25 Å². The number of nitrogens with zero attached hydrogens (tertiary/aromatic N) is 4. The summed E-state index contributed by atoms with van der Waals surface area (Å²) in [5, 5.41) is 12.0. The normalized spacial score (nSPS) is 15.5. The van der Waals surface area contributed by atoms with Crippen LogP contribution in [0.15, 0.2) is 43.0 Å². The highest BCUT2D eigenvalue weighted by Crippen LogP contribution is 2.32. The zero-order valence-corrected chi connectivity index (χ0v) is 16.7. The second kappa shape index (κ2) is 9.83. The molecule has 1 aromatic carbocycles. The fourth-order valence-electron chi connectivity index (χ4n) is 2.79. The second-order valence-electron chi connectivity index (χ2n) is 6.04. The summed E-state index contributed by atoms with van der Waals surface area (Å²) < 4.78 is 37.0. The number of benzene rings is 1. The van der Waals surface area contributed by atoms with Gasteiger partial charge in [0, 0.05) is 12.7 Å². The first-order valence-corrected chi connectivity index (χ1v) is 9.93. The van der Waals surface area contributed by atoms with Gasteiger partial charge in [0.15, 0.2) is 17.0 Å². The van der Waals surface area contributed by atoms with Crippen LogP contribution in [0.4, 0.5) is 10.2 Å². The van der Waals surface area contributed by atoms with E-state index in [1.165, 1.54) is 7.11 Å². The highest BCUT2D eigenvalue weighted by Gasteiger charge is 2.34. The SMILES string of the molecule is CO[C@H](CO)[C@@H](O[PH](=O)O)[C@@H](F)n1cnc2c(NC(=O)c3ccccc3)ncnc21. The lowest BCUT2D eigenvalue weighted by molar-refractivity contribution is -0.0772. The van der Waals surface area contributed by atoms with Gasteiger partial charge >= 0.3 is 8.25 Å². The Morgan fingerprint density at radius 2 is 2.03 bits per heavy atom. The molecule has 3 aromatic rings. The Bertz CT molecular complexity index is 1030. The minimum Gasteiger partial charge on any atom is -0.394 e. The van der Waals surface area contributed by atoms with E-state index in [1.54, 1.807) is 30.3 Å². The smallest absolute Gasteiger partial charge is 0.317 e. The molecule has 13 heteroatoms. The van der Waals surface area contributed by atoms with E-state index in [1.807, 2.05) is 0 Å². The van der Waals surface area contributed by atoms with Crippen LogP contribution in [0.1, 0.15) is 16.7 Å². The second-order valence-corrected chi connectivity index (χ2v) is 6.81. The highest BCUT2D eigenvalue weighted by molar-refractivity contribution is 7.32. The van der Waals surface area contributed by atoms with E-state index in [-0.39, 0.29) is 17.0 Å². The number of alkyl halides is 1. The number of aromatic nitrogens is 4. The number of anilines is 1. The predicted octanol–water partition coefficient (Wildman–Crippen LogP) is 1.32. The zero-order chi connectivity index (χ0) is 21.7. The topological polar surface area (TPSA) is 149 Å². The summed E-state index contributed by atoms with van der Waals surface area (Å²) in [6, 6.07) is 8.40. The fraction of sp³-hybridized carbons (Fsp3) is 0.294. The summed E-state index contributed by atoms with van der Waals surface area (Å²) in [5.74, 6) is -0.389. The maximum atomic E-state index is 15.2. The van der Waals surface area contributed by atoms with Gasteiger partial charge < -0.3 is 20.1 Å². The van der Waals surface area contributed by atoms with Gasteiger partial charge in [0.2, 0.25) is 6.30 Å². The van der Waals surface area contributed by atoms with Crippen LogP contribution in [0.25, 0.3) is 11.2 Å². The van der Waals surface area contributed by atoms with Crippen molar-refractivity contribution in [3.8, 4) is 0 Å². The lowest BCUT2D eigenvalue weighted by Gasteiger charge is -2.26. The number of imidazole rings is 1. The number of amides is 1. The number of ether oxygens (including phenoxy) is 1. The Labute approximate surface area is 170 Å². The van der Waals surface area contributed by atoms with Crippen LogP contribution in [0.2, 0.25) is 0 Å². The van der Waals surface area contributed by atoms with Crippen molar-refractivity contribution < 1.29 is 33.0 Å². The summed E-state index contributed by atoms with van der Waals surface area (Å²) in [6.07, 6.45) is -2.74. The third-order valence-electron chi connectivity index (χ3n) is 4.25. The number of carbonyl (C=O) groups excluding carboxylic acids is 1. The molecule has 3 rings (SSSR count). The fourth-order valence-corrected chi connectivity index (χ4v) is 3.29. The van der Waals surface area contributed by atoms with Crippen LogP contribution in [0.5, 0.6) is 0 Å². The molecular formula is C17H19FN5O6P. The quantitative estimate of drug-likeness (QED) is 0.420. The molecule has 0 saturated heterocycles. The van der Waals surface area contributed by atoms with Crippen LogP contribution in [0.3, 0.4) is 0 Å². The van der Waals surface area contributed by atoms with Crippen LogP contribution < -0.4 is 5.32 Å². The van der Waals surface area contributed by atoms with E-state index in [2.05, 4.69) is 20.3 Å². The van der Waals surface area contributed by atoms with Gasteiger partial charge in [0.25, 0.3) is 5.91 Å². The number of rotatable bonds is 9. The molecule has 0 spiro atoms. The molecule has 0 bridgehead atoms. The highest BCUT2D eigenvalue weighted by atomic mass is 31.1. The lowest BCUT2D eigenvalue weighted by atomic mass is 10.2. The molecule has 0 fully saturated rings. The molecule has 30 heavy (non-hydrogen) atoms. The molecule has 0 aliphatic rings. The molecule has 1 amide bonds. The van der Waals surface area contributed by atoms with E-state index < -0.39 is 39.3 Å². The number of aliphatic hydroxyl groups excluding tert-OH is 1. The van der Waals surface area contributed by atoms with Crippen molar-refractivity contribution in [1.29, 1.82) is 0 Å². The molecule has 11 nitrogen and oxygen atoms in total. The summed E-state index contributed by atoms with van der Waals surface area (Å²) in [4.78, 5) is 33.5. The standard InChI is InChI=1S/C17H19FN5O6P/c1-28-11(7-24)13(29-30(26)27)14(18)23-9-21-12-15(19-8-20-16(12)23)22-17(25)10-5-3-2-4-6-10/h2-6,8-9,11,13-14,24,30H,7H2,1H3,(H,26,27)(H,19,20,22,25)/t11-,13-,14+/m1/s1. The van der Waals surface area contributed by atoms with Crippen molar-refractivity contribution in [3.63, 3.8) is 0 Å². The first-order chi connectivity index (χ1) is 14.5. The molecule has 0 aliphatic heterocycles. The van der Waals surface area contributed by atoms with Crippen molar-refractivity contribution in [2.75, 3.05) is 19.0 Å². The van der Waals surface area contributed by atoms with Gasteiger partial charge in [-0.3, -0.25) is 18.5 Å². The summed E-state index contributed by atoms with van der Waals surface area (Å²) >= 11 is 0. The third-order valence-corrected chi connectivity index (χ3v) is 4.72. The van der Waals surface area contributed by atoms with Gasteiger partial charge in [-0.1, -0.05) is 18.2 Å². The maximum Gasteiger partial charge on any atom is 0.317 e. The summed E-state index contributed by atoms with van der Waals surface area (Å²) in [5.41, 5.74) is 0.483. The van der Waals surface area contributed by atoms with Gasteiger partial charge in [-0.05, 0) is 12.1 Å². The Balaban J connectivity index is 1.93. The van der Waals surface area contributed by atoms with Crippen LogP contribution in [-0.4, -0.2) is 61.4 Å². The van der Waals surface area contributed by atoms with Crippen molar-refractivity contribution in [3.05, 3.63) is 48.5 Å². The average molecular weight is 439 g/mol. The van der Waals surface area contributed by atoms with E-state index in [4.69, 9.17) is 14.2 Å². The van der Waals surface area contributed by atoms with E-state index in [9.17, 15) is 14.5 Å². The maximum absolute atomic E-state index is 15.2. The third kappa shape index (κ3) is 4.69. The molecular weight excluding hydrogens is 420 g/mol. The van der Waals surface area contributed by atoms with Crippen molar-refractivity contribution in [2.24, 2.45) is 0 Å². The number of carbonyl (C=O) groups is 1. The molecule has 0 radical (unpaired) electrons. The van der Waals surface area contributed by atoms with Gasteiger partial charge in [-0.15, -0.1) is 0 Å². The lowest BCUT2D eigenvalue weighted by Crippen LogP contribution is -2.38. The van der Waals surface area contributed by atoms with Crippen molar-refractivity contribution in [2.45, 2.75) is 18.5 Å². The molecule has 3 N–H and O–H groups in total. The number of nitrogens with one attached hydrogen (secondary N) is 1. The first-order valence-electron chi connectivity index (χ1n) is 8.67. The molecule has 160 valence electrons. The number of fused-ring (bicyclic) bond motifs is 1. The minimum atomic E-state index is -3.54. The molecule has 0 saturated carbocycles. The van der Waals surface area contributed by atoms with Gasteiger partial charge in [-0.25, -0.2) is 19.3 Å². The summed E-state index contributed by atoms with van der Waals surface area (Å²) in [7, 11) is -2.35. The first kappa shape index (κ1) is 21.9. The summed E-state index contributed by atoms with van der Waals surface area (Å²) in [6.45, 7) is -0.656. The Morgan fingerprint density at radius 3 is 2.67 bits per heavy atom. The molecule has 0 aliphatic carbocycles. The Hall–Kier alpha value is -2.76. The number of halogens is 1. The van der Waals surface area contributed by atoms with E-state index >= 15 is 4.39 Å². The molecule has 2 aromatic heterocycles. The number of aliphatic hydroxyl groups is 1. The molecule has 4 atom stereocenters. The van der Waals surface area contributed by atoms with Gasteiger partial charge in [-0.2, -0.15) is 0 Å². The van der Waals surface area contributed by atoms with Gasteiger partial charge in [0.05, 0.1) is 12.9 Å². The number of hydrogen-bond acceptors (Lipinski definition) is 8. The predicted molar refractivity (Wildman–Crippen MR) is 104 cm³/mol. The minimum absolute atomic E-state index is 0.000125. The Kier molecular flexibility index (Phi) is 7.19. The van der Waals surface area contributed by atoms with Crippen LogP contribution in [-0.2, 0) is 13.8 Å². The average Bonchev–Trinajstić information content (AvgIpc) is 3.19. The van der Waals surface area contributed by atoms with Gasteiger partial charge in [0.1, 0.15) is 18.5 Å². The zero-order valence-electron chi connectivity index (χ0n) is 15.7. The largest absolute Gasteiger partial charge is 0.394 e. The van der Waals surface area contributed by atoms with E-state index in [0.717, 1.165) is 17.2 Å². The van der Waals surface area contributed by atoms with Crippen LogP contribution in [0, 0.1) is 0 Å². The monoisotopic (exact) mass is 439 g/mol. The number of methoxy groups -OCH3 is 1.